The van der Waals surface area contributed by atoms with Crippen molar-refractivity contribution in [2.45, 2.75) is 19.8 Å². The maximum atomic E-state index is 12.1. The highest BCUT2D eigenvalue weighted by atomic mass is 16.5. The maximum absolute atomic E-state index is 12.1. The first kappa shape index (κ1) is 19.0. The van der Waals surface area contributed by atoms with Gasteiger partial charge < -0.3 is 14.8 Å². The number of nitrogens with zero attached hydrogens (tertiary/aromatic N) is 1. The fourth-order valence-electron chi connectivity index (χ4n) is 2.38. The molecule has 0 fully saturated rings. The van der Waals surface area contributed by atoms with Gasteiger partial charge in [-0.25, -0.2) is 0 Å². The zero-order chi connectivity index (χ0) is 18.9. The molecule has 0 saturated heterocycles. The largest absolute Gasteiger partial charge is 0.493 e. The summed E-state index contributed by atoms with van der Waals surface area (Å²) >= 11 is 0. The fourth-order valence-corrected chi connectivity index (χ4v) is 2.38. The van der Waals surface area contributed by atoms with Gasteiger partial charge in [0.05, 0.1) is 31.0 Å². The standard InChI is InChI=1S/C20H20N2O4/c1-14(23)16-6-3-4-7-17(16)22-20(24)8-5-11-26-18-10-9-15(13-21)12-19(18)25-2/h3-4,6-7,9-10,12H,5,8,11H2,1-2H3,(H,22,24). The highest BCUT2D eigenvalue weighted by Gasteiger charge is 2.10. The van der Waals surface area contributed by atoms with Crippen molar-refractivity contribution in [3.63, 3.8) is 0 Å². The van der Waals surface area contributed by atoms with E-state index in [0.29, 0.717) is 41.3 Å². The summed E-state index contributed by atoms with van der Waals surface area (Å²) in [6, 6.07) is 13.8. The predicted octanol–water partition coefficient (Wildman–Crippen LogP) is 3.57. The van der Waals surface area contributed by atoms with Gasteiger partial charge >= 0.3 is 0 Å². The van der Waals surface area contributed by atoms with Gasteiger partial charge in [0.1, 0.15) is 0 Å². The second kappa shape index (κ2) is 9.23. The van der Waals surface area contributed by atoms with E-state index in [-0.39, 0.29) is 18.1 Å². The molecule has 0 atom stereocenters. The number of para-hydroxylation sites is 1. The Bertz CT molecular complexity index is 840. The monoisotopic (exact) mass is 352 g/mol. The third kappa shape index (κ3) is 5.08. The van der Waals surface area contributed by atoms with Gasteiger partial charge in [-0.05, 0) is 37.6 Å². The number of benzene rings is 2. The number of Topliss-reactive ketones (excluding diaryl/α,β-unsaturated/α-hetero) is 1. The van der Waals surface area contributed by atoms with E-state index in [2.05, 4.69) is 5.32 Å². The smallest absolute Gasteiger partial charge is 0.224 e. The number of ketones is 1. The fraction of sp³-hybridized carbons (Fsp3) is 0.250. The van der Waals surface area contributed by atoms with Crippen LogP contribution in [0.3, 0.4) is 0 Å². The van der Waals surface area contributed by atoms with Crippen molar-refractivity contribution in [2.24, 2.45) is 0 Å². The van der Waals surface area contributed by atoms with Crippen LogP contribution in [0, 0.1) is 11.3 Å². The minimum atomic E-state index is -0.186. The number of rotatable bonds is 8. The van der Waals surface area contributed by atoms with Crippen molar-refractivity contribution in [3.05, 3.63) is 53.6 Å². The van der Waals surface area contributed by atoms with Crippen molar-refractivity contribution in [1.29, 1.82) is 5.26 Å². The second-order valence-corrected chi connectivity index (χ2v) is 5.58. The minimum Gasteiger partial charge on any atom is -0.493 e. The zero-order valence-electron chi connectivity index (χ0n) is 14.7. The van der Waals surface area contributed by atoms with Crippen LogP contribution in [0.1, 0.15) is 35.7 Å². The van der Waals surface area contributed by atoms with Crippen LogP contribution in [-0.2, 0) is 4.79 Å². The Morgan fingerprint density at radius 1 is 1.15 bits per heavy atom. The number of hydrogen-bond acceptors (Lipinski definition) is 5. The van der Waals surface area contributed by atoms with Gasteiger partial charge in [0.25, 0.3) is 0 Å². The molecule has 6 nitrogen and oxygen atoms in total. The molecule has 0 unspecified atom stereocenters. The van der Waals surface area contributed by atoms with Gasteiger partial charge in [0, 0.05) is 18.1 Å². The Morgan fingerprint density at radius 2 is 1.92 bits per heavy atom. The van der Waals surface area contributed by atoms with Crippen LogP contribution in [0.2, 0.25) is 0 Å². The summed E-state index contributed by atoms with van der Waals surface area (Å²) in [4.78, 5) is 23.6. The van der Waals surface area contributed by atoms with Crippen molar-refractivity contribution >= 4 is 17.4 Å². The Balaban J connectivity index is 1.84. The molecule has 0 radical (unpaired) electrons. The van der Waals surface area contributed by atoms with Crippen LogP contribution >= 0.6 is 0 Å². The van der Waals surface area contributed by atoms with E-state index in [1.165, 1.54) is 14.0 Å². The van der Waals surface area contributed by atoms with Crippen LogP contribution < -0.4 is 14.8 Å². The Kier molecular flexibility index (Phi) is 6.75. The third-order valence-electron chi connectivity index (χ3n) is 3.68. The molecule has 0 heterocycles. The second-order valence-electron chi connectivity index (χ2n) is 5.58. The van der Waals surface area contributed by atoms with Crippen LogP contribution in [0.15, 0.2) is 42.5 Å². The first-order valence-corrected chi connectivity index (χ1v) is 8.16. The summed E-state index contributed by atoms with van der Waals surface area (Å²) < 4.78 is 10.8. The SMILES string of the molecule is COc1cc(C#N)ccc1OCCCC(=O)Nc1ccccc1C(C)=O. The van der Waals surface area contributed by atoms with E-state index in [4.69, 9.17) is 14.7 Å². The van der Waals surface area contributed by atoms with E-state index in [0.717, 1.165) is 0 Å². The van der Waals surface area contributed by atoms with Gasteiger partial charge in [-0.15, -0.1) is 0 Å². The molecule has 0 bridgehead atoms. The molecule has 0 spiro atoms. The van der Waals surface area contributed by atoms with Gasteiger partial charge in [-0.2, -0.15) is 5.26 Å². The first-order chi connectivity index (χ1) is 12.5. The summed E-state index contributed by atoms with van der Waals surface area (Å²) in [6.07, 6.45) is 0.752. The van der Waals surface area contributed by atoms with Crippen LogP contribution in [0.4, 0.5) is 5.69 Å². The lowest BCUT2D eigenvalue weighted by molar-refractivity contribution is -0.116. The molecule has 2 aromatic rings. The minimum absolute atomic E-state index is 0.0999. The number of methoxy groups -OCH3 is 1. The van der Waals surface area contributed by atoms with Gasteiger partial charge in [0.15, 0.2) is 17.3 Å². The Hall–Kier alpha value is -3.33. The molecular formula is C20H20N2O4. The Labute approximate surface area is 152 Å². The number of nitrogens with one attached hydrogen (secondary N) is 1. The third-order valence-corrected chi connectivity index (χ3v) is 3.68. The van der Waals surface area contributed by atoms with Gasteiger partial charge in [-0.3, -0.25) is 9.59 Å². The molecule has 2 aromatic carbocycles. The number of hydrogen-bond donors (Lipinski definition) is 1. The quantitative estimate of drug-likeness (QED) is 0.579. The van der Waals surface area contributed by atoms with Crippen molar-refractivity contribution in [1.82, 2.24) is 0 Å². The summed E-state index contributed by atoms with van der Waals surface area (Å²) in [5.74, 6) is 0.712. The molecule has 0 aliphatic rings. The van der Waals surface area contributed by atoms with Gasteiger partial charge in [0.2, 0.25) is 5.91 Å². The topological polar surface area (TPSA) is 88.4 Å². The molecule has 0 aliphatic heterocycles. The molecule has 134 valence electrons. The molecule has 1 N–H and O–H groups in total. The molecule has 2 rings (SSSR count). The number of anilines is 1. The Morgan fingerprint density at radius 3 is 2.62 bits per heavy atom. The van der Waals surface area contributed by atoms with Crippen LogP contribution in [0.5, 0.6) is 11.5 Å². The number of carbonyl (C=O) groups excluding carboxylic acids is 2. The van der Waals surface area contributed by atoms with Crippen molar-refractivity contribution < 1.29 is 19.1 Å². The molecule has 26 heavy (non-hydrogen) atoms. The lowest BCUT2D eigenvalue weighted by atomic mass is 10.1. The maximum Gasteiger partial charge on any atom is 0.224 e. The lowest BCUT2D eigenvalue weighted by Gasteiger charge is -2.11. The molecular weight excluding hydrogens is 332 g/mol. The van der Waals surface area contributed by atoms with E-state index >= 15 is 0 Å². The summed E-state index contributed by atoms with van der Waals surface area (Å²) in [7, 11) is 1.50. The van der Waals surface area contributed by atoms with Crippen molar-refractivity contribution in [2.75, 3.05) is 19.0 Å². The number of amides is 1. The van der Waals surface area contributed by atoms with E-state index < -0.39 is 0 Å². The number of nitriles is 1. The van der Waals surface area contributed by atoms with Gasteiger partial charge in [-0.1, -0.05) is 12.1 Å². The number of carbonyl (C=O) groups is 2. The number of ether oxygens (including phenoxy) is 2. The predicted molar refractivity (Wildman–Crippen MR) is 97.5 cm³/mol. The molecule has 0 saturated carbocycles. The highest BCUT2D eigenvalue weighted by Crippen LogP contribution is 2.28. The van der Waals surface area contributed by atoms with Crippen LogP contribution in [-0.4, -0.2) is 25.4 Å². The normalized spacial score (nSPS) is 9.88. The summed E-state index contributed by atoms with van der Waals surface area (Å²) in [5, 5.41) is 11.6. The average molecular weight is 352 g/mol. The lowest BCUT2D eigenvalue weighted by Crippen LogP contribution is -2.15. The zero-order valence-corrected chi connectivity index (χ0v) is 14.7. The van der Waals surface area contributed by atoms with E-state index in [1.807, 2.05) is 6.07 Å². The average Bonchev–Trinajstić information content (AvgIpc) is 2.65. The molecule has 6 heteroatoms. The summed E-state index contributed by atoms with van der Waals surface area (Å²) in [5.41, 5.74) is 1.48. The first-order valence-electron chi connectivity index (χ1n) is 8.16. The summed E-state index contributed by atoms with van der Waals surface area (Å²) in [6.45, 7) is 1.79. The molecule has 0 aliphatic carbocycles. The molecule has 1 amide bonds. The van der Waals surface area contributed by atoms with Crippen LogP contribution in [0.25, 0.3) is 0 Å². The highest BCUT2D eigenvalue weighted by molar-refractivity contribution is 6.03. The molecule has 0 aromatic heterocycles. The van der Waals surface area contributed by atoms with Crippen molar-refractivity contribution in [3.8, 4) is 17.6 Å². The van der Waals surface area contributed by atoms with E-state index in [9.17, 15) is 9.59 Å². The van der Waals surface area contributed by atoms with E-state index in [1.54, 1.807) is 42.5 Å².